The summed E-state index contributed by atoms with van der Waals surface area (Å²) in [5, 5.41) is 2.71. The van der Waals surface area contributed by atoms with Crippen molar-refractivity contribution in [3.05, 3.63) is 101 Å². The summed E-state index contributed by atoms with van der Waals surface area (Å²) in [6, 6.07) is 15.4. The lowest BCUT2D eigenvalue weighted by atomic mass is 9.91. The first-order valence-corrected chi connectivity index (χ1v) is 14.2. The number of fused-ring (bicyclic) bond motifs is 1. The molecule has 0 bridgehead atoms. The number of nitrogens with two attached hydrogens (primary N) is 1. The number of amidine groups is 1. The minimum absolute atomic E-state index is 0.0874. The number of hydrogen-bond acceptors (Lipinski definition) is 6. The maximum Gasteiger partial charge on any atom is 0.272 e. The molecule has 0 spiro atoms. The zero-order chi connectivity index (χ0) is 31.5. The van der Waals surface area contributed by atoms with Crippen molar-refractivity contribution in [2.45, 2.75) is 44.6 Å². The molecule has 230 valence electrons. The largest absolute Gasteiger partial charge is 0.372 e. The average molecular weight is 608 g/mol. The number of primary amides is 1. The summed E-state index contributed by atoms with van der Waals surface area (Å²) in [5.41, 5.74) is 7.18. The third kappa shape index (κ3) is 6.75. The number of nitrogens with zero attached hydrogens (tertiary/aromatic N) is 3. The molecule has 0 saturated carbocycles. The number of amides is 3. The predicted octanol–water partition coefficient (Wildman–Crippen LogP) is 3.26. The summed E-state index contributed by atoms with van der Waals surface area (Å²) in [6.07, 6.45) is -1.87. The molecule has 1 fully saturated rings. The van der Waals surface area contributed by atoms with Gasteiger partial charge >= 0.3 is 0 Å². The van der Waals surface area contributed by atoms with Crippen molar-refractivity contribution in [2.75, 3.05) is 24.5 Å². The monoisotopic (exact) mass is 607 g/mol. The molecule has 5 rings (SSSR count). The molecule has 2 aliphatic rings. The molecule has 3 N–H and O–H groups in total. The molecule has 9 nitrogen and oxygen atoms in total. The van der Waals surface area contributed by atoms with Gasteiger partial charge in [0.25, 0.3) is 5.91 Å². The Bertz CT molecular complexity index is 1590. The first-order valence-electron chi connectivity index (χ1n) is 14.2. The summed E-state index contributed by atoms with van der Waals surface area (Å²) in [4.78, 5) is 48.0. The van der Waals surface area contributed by atoms with E-state index in [1.165, 1.54) is 35.2 Å². The van der Waals surface area contributed by atoms with Gasteiger partial charge in [0, 0.05) is 18.7 Å². The van der Waals surface area contributed by atoms with Crippen LogP contribution in [0.5, 0.6) is 0 Å². The first-order chi connectivity index (χ1) is 21.0. The van der Waals surface area contributed by atoms with E-state index in [1.54, 1.807) is 24.3 Å². The summed E-state index contributed by atoms with van der Waals surface area (Å²) in [7, 11) is 0. The third-order valence-electron chi connectivity index (χ3n) is 7.51. The van der Waals surface area contributed by atoms with Crippen LogP contribution in [0, 0.1) is 17.5 Å². The van der Waals surface area contributed by atoms with Crippen LogP contribution in [0.1, 0.15) is 36.5 Å². The van der Waals surface area contributed by atoms with Gasteiger partial charge in [0.15, 0.2) is 11.6 Å². The van der Waals surface area contributed by atoms with E-state index in [-0.39, 0.29) is 18.6 Å². The van der Waals surface area contributed by atoms with Crippen molar-refractivity contribution in [2.24, 2.45) is 10.7 Å². The highest BCUT2D eigenvalue weighted by Crippen LogP contribution is 2.29. The van der Waals surface area contributed by atoms with Gasteiger partial charge in [-0.25, -0.2) is 18.2 Å². The van der Waals surface area contributed by atoms with Crippen molar-refractivity contribution >= 4 is 29.2 Å². The molecule has 4 atom stereocenters. The quantitative estimate of drug-likeness (QED) is 0.428. The van der Waals surface area contributed by atoms with Crippen molar-refractivity contribution in [3.8, 4) is 0 Å². The van der Waals surface area contributed by atoms with Crippen molar-refractivity contribution in [3.63, 3.8) is 0 Å². The molecule has 3 unspecified atom stereocenters. The van der Waals surface area contributed by atoms with Gasteiger partial charge in [0.05, 0.1) is 23.8 Å². The fraction of sp³-hybridized carbons (Fsp3) is 0.312. The van der Waals surface area contributed by atoms with Crippen LogP contribution in [0.2, 0.25) is 0 Å². The SMILES string of the molecule is CC1CN(C2=NC(NC(=O)[C@@H](Cc3ccc(F)c(F)c3)c3ccc(F)cc3)C(=O)N(CC(N)=O)c3ccccc32)CC(C)O1. The summed E-state index contributed by atoms with van der Waals surface area (Å²) >= 11 is 0. The van der Waals surface area contributed by atoms with E-state index in [9.17, 15) is 27.6 Å². The molecule has 1 saturated heterocycles. The number of aliphatic imine (C=N–C) groups is 1. The van der Waals surface area contributed by atoms with Crippen LogP contribution in [0.25, 0.3) is 0 Å². The zero-order valence-electron chi connectivity index (χ0n) is 24.2. The highest BCUT2D eigenvalue weighted by atomic mass is 19.2. The highest BCUT2D eigenvalue weighted by molar-refractivity contribution is 6.13. The van der Waals surface area contributed by atoms with E-state index in [2.05, 4.69) is 5.32 Å². The minimum Gasteiger partial charge on any atom is -0.372 e. The van der Waals surface area contributed by atoms with E-state index < -0.39 is 53.8 Å². The van der Waals surface area contributed by atoms with Crippen LogP contribution in [0.4, 0.5) is 18.9 Å². The van der Waals surface area contributed by atoms with Gasteiger partial charge in [-0.3, -0.25) is 19.3 Å². The highest BCUT2D eigenvalue weighted by Gasteiger charge is 2.37. The normalized spacial score (nSPS) is 20.8. The molecular weight excluding hydrogens is 575 g/mol. The van der Waals surface area contributed by atoms with E-state index in [1.807, 2.05) is 18.7 Å². The number of carbonyl (C=O) groups is 3. The van der Waals surface area contributed by atoms with E-state index >= 15 is 0 Å². The molecule has 3 aromatic carbocycles. The van der Waals surface area contributed by atoms with Crippen LogP contribution >= 0.6 is 0 Å². The zero-order valence-corrected chi connectivity index (χ0v) is 24.2. The number of carbonyl (C=O) groups excluding carboxylic acids is 3. The Morgan fingerprint density at radius 3 is 2.34 bits per heavy atom. The summed E-state index contributed by atoms with van der Waals surface area (Å²) in [6.45, 7) is 4.28. The van der Waals surface area contributed by atoms with Gasteiger partial charge in [-0.2, -0.15) is 0 Å². The molecule has 12 heteroatoms. The second-order valence-electron chi connectivity index (χ2n) is 11.0. The molecule has 0 aliphatic carbocycles. The molecule has 0 aromatic heterocycles. The van der Waals surface area contributed by atoms with Crippen LogP contribution in [0.15, 0.2) is 71.7 Å². The number of halogens is 3. The smallest absolute Gasteiger partial charge is 0.272 e. The van der Waals surface area contributed by atoms with Crippen molar-refractivity contribution in [1.29, 1.82) is 0 Å². The topological polar surface area (TPSA) is 117 Å². The number of ether oxygens (including phenoxy) is 1. The van der Waals surface area contributed by atoms with Gasteiger partial charge in [0.2, 0.25) is 18.0 Å². The number of benzene rings is 3. The maximum atomic E-state index is 14.1. The molecule has 3 amide bonds. The van der Waals surface area contributed by atoms with Gasteiger partial charge < -0.3 is 20.7 Å². The van der Waals surface area contributed by atoms with Crippen molar-refractivity contribution in [1.82, 2.24) is 10.2 Å². The van der Waals surface area contributed by atoms with Crippen LogP contribution < -0.4 is 16.0 Å². The second kappa shape index (κ2) is 12.9. The van der Waals surface area contributed by atoms with Gasteiger partial charge in [-0.1, -0.05) is 30.3 Å². The summed E-state index contributed by atoms with van der Waals surface area (Å²) in [5.74, 6) is -5.39. The Balaban J connectivity index is 1.55. The average Bonchev–Trinajstić information content (AvgIpc) is 3.08. The Labute approximate surface area is 252 Å². The fourth-order valence-electron chi connectivity index (χ4n) is 5.62. The first kappa shape index (κ1) is 30.7. The van der Waals surface area contributed by atoms with Crippen LogP contribution in [-0.2, 0) is 25.5 Å². The fourth-order valence-corrected chi connectivity index (χ4v) is 5.62. The Kier molecular flexibility index (Phi) is 9.00. The molecule has 3 aromatic rings. The van der Waals surface area contributed by atoms with E-state index in [0.717, 1.165) is 12.1 Å². The van der Waals surface area contributed by atoms with Crippen molar-refractivity contribution < 1.29 is 32.3 Å². The second-order valence-corrected chi connectivity index (χ2v) is 11.0. The lowest BCUT2D eigenvalue weighted by Gasteiger charge is -2.37. The standard InChI is InChI=1S/C32H32F3N5O4/c1-18-15-39(16-19(2)44-18)30-23-5-3-4-6-27(23)40(17-28(36)41)32(43)29(37-30)38-31(42)24(21-8-10-22(33)11-9-21)13-20-7-12-25(34)26(35)14-20/h3-12,14,18-19,24,29H,13,15-17H2,1-2H3,(H2,36,41)(H,38,42)/t18?,19?,24-,29?/m0/s1. The molecule has 0 radical (unpaired) electrons. The molecule has 44 heavy (non-hydrogen) atoms. The number of anilines is 1. The Morgan fingerprint density at radius 1 is 1.00 bits per heavy atom. The van der Waals surface area contributed by atoms with Gasteiger partial charge in [-0.05, 0) is 67.8 Å². The number of benzodiazepines with no additional fused rings is 1. The number of nitrogens with one attached hydrogen (secondary N) is 1. The third-order valence-corrected chi connectivity index (χ3v) is 7.51. The van der Waals surface area contributed by atoms with E-state index in [0.29, 0.717) is 41.3 Å². The maximum absolute atomic E-state index is 14.1. The predicted molar refractivity (Wildman–Crippen MR) is 157 cm³/mol. The molecular formula is C32H32F3N5O4. The number of rotatable bonds is 7. The lowest BCUT2D eigenvalue weighted by molar-refractivity contribution is -0.128. The van der Waals surface area contributed by atoms with Gasteiger partial charge in [0.1, 0.15) is 18.2 Å². The Morgan fingerprint density at radius 2 is 1.68 bits per heavy atom. The van der Waals surface area contributed by atoms with Gasteiger partial charge in [-0.15, -0.1) is 0 Å². The number of morpholine rings is 1. The summed E-state index contributed by atoms with van der Waals surface area (Å²) < 4.78 is 47.4. The number of para-hydroxylation sites is 1. The minimum atomic E-state index is -1.48. The van der Waals surface area contributed by atoms with E-state index in [4.69, 9.17) is 15.5 Å². The lowest BCUT2D eigenvalue weighted by Crippen LogP contribution is -2.51. The number of hydrogen-bond donors (Lipinski definition) is 2. The molecule has 2 heterocycles. The van der Waals surface area contributed by atoms with Crippen LogP contribution in [0.3, 0.4) is 0 Å². The Hall–Kier alpha value is -4.71. The van der Waals surface area contributed by atoms with Crippen LogP contribution in [-0.4, -0.2) is 66.5 Å². The molecule has 2 aliphatic heterocycles.